The van der Waals surface area contributed by atoms with Crippen molar-refractivity contribution in [2.24, 2.45) is 11.8 Å². The van der Waals surface area contributed by atoms with Crippen molar-refractivity contribution in [2.75, 3.05) is 0 Å². The number of carbonyl (C=O) groups excluding carboxylic acids is 1. The molecule has 1 N–H and O–H groups in total. The van der Waals surface area contributed by atoms with Gasteiger partial charge in [0.1, 0.15) is 0 Å². The second kappa shape index (κ2) is 8.66. The molecule has 1 aromatic rings. The lowest BCUT2D eigenvalue weighted by Crippen LogP contribution is -2.50. The third kappa shape index (κ3) is 5.34. The Bertz CT molecular complexity index is 560. The lowest BCUT2D eigenvalue weighted by Gasteiger charge is -2.39. The quantitative estimate of drug-likeness (QED) is 0.545. The molecule has 0 bridgehead atoms. The van der Waals surface area contributed by atoms with E-state index in [1.165, 1.54) is 5.19 Å². The molecule has 0 radical (unpaired) electrons. The summed E-state index contributed by atoms with van der Waals surface area (Å²) in [7, 11) is -1.75. The van der Waals surface area contributed by atoms with Gasteiger partial charge in [0.2, 0.25) is 0 Å². The van der Waals surface area contributed by atoms with E-state index >= 15 is 0 Å². The second-order valence-corrected chi connectivity index (χ2v) is 12.9. The first-order valence-corrected chi connectivity index (χ1v) is 12.2. The van der Waals surface area contributed by atoms with Gasteiger partial charge in [-0.05, 0) is 32.2 Å². The van der Waals surface area contributed by atoms with Crippen LogP contribution in [0.25, 0.3) is 0 Å². The zero-order valence-corrected chi connectivity index (χ0v) is 17.7. The van der Waals surface area contributed by atoms with Gasteiger partial charge in [-0.3, -0.25) is 4.79 Å². The van der Waals surface area contributed by atoms with E-state index in [0.29, 0.717) is 17.5 Å². The molecule has 0 aliphatic heterocycles. The Morgan fingerprint density at radius 1 is 1.04 bits per heavy atom. The minimum Gasteiger partial charge on any atom is -0.386 e. The maximum atomic E-state index is 12.9. The molecule has 3 heteroatoms. The van der Waals surface area contributed by atoms with Gasteiger partial charge in [0, 0.05) is 23.7 Å². The fourth-order valence-corrected chi connectivity index (χ4v) is 8.63. The van der Waals surface area contributed by atoms with Crippen LogP contribution in [-0.2, 0) is 4.79 Å². The highest BCUT2D eigenvalue weighted by Gasteiger charge is 2.40. The number of benzene rings is 1. The molecule has 0 amide bonds. The summed E-state index contributed by atoms with van der Waals surface area (Å²) in [4.78, 5) is 12.9. The van der Waals surface area contributed by atoms with Crippen molar-refractivity contribution in [3.05, 3.63) is 42.1 Å². The van der Waals surface area contributed by atoms with Gasteiger partial charge in [0.25, 0.3) is 0 Å². The largest absolute Gasteiger partial charge is 0.386 e. The maximum Gasteiger partial charge on any atom is 0.160 e. The minimum absolute atomic E-state index is 0.0378. The number of ketones is 1. The molecule has 2 atom stereocenters. The summed E-state index contributed by atoms with van der Waals surface area (Å²) in [5, 5.41) is 4.75. The molecule has 0 fully saturated rings. The predicted octanol–water partition coefficient (Wildman–Crippen LogP) is 4.74. The monoisotopic (exact) mass is 345 g/mol. The lowest BCUT2D eigenvalue weighted by atomic mass is 9.93. The molecular formula is C21H35NOSi. The summed E-state index contributed by atoms with van der Waals surface area (Å²) >= 11 is 0. The molecule has 1 aromatic carbocycles. The zero-order chi connectivity index (χ0) is 18.5. The summed E-state index contributed by atoms with van der Waals surface area (Å²) in [6, 6.07) is 11.1. The van der Waals surface area contributed by atoms with Crippen LogP contribution in [0.5, 0.6) is 0 Å². The normalized spacial score (nSPS) is 15.5. The van der Waals surface area contributed by atoms with Crippen LogP contribution < -0.4 is 10.5 Å². The Hall–Kier alpha value is -1.35. The highest BCUT2D eigenvalue weighted by molar-refractivity contribution is 6.91. The van der Waals surface area contributed by atoms with E-state index in [9.17, 15) is 4.79 Å². The first kappa shape index (κ1) is 20.7. The average Bonchev–Trinajstić information content (AvgIpc) is 2.46. The molecule has 24 heavy (non-hydrogen) atoms. The minimum atomic E-state index is -1.75. The van der Waals surface area contributed by atoms with Crippen molar-refractivity contribution in [3.8, 4) is 0 Å². The second-order valence-electron chi connectivity index (χ2n) is 8.17. The van der Waals surface area contributed by atoms with Crippen molar-refractivity contribution in [2.45, 2.75) is 66.2 Å². The number of hydrogen-bond acceptors (Lipinski definition) is 2. The van der Waals surface area contributed by atoms with E-state index in [1.807, 2.05) is 6.92 Å². The lowest BCUT2D eigenvalue weighted by molar-refractivity contribution is -0.118. The fourth-order valence-electron chi connectivity index (χ4n) is 4.11. The van der Waals surface area contributed by atoms with Crippen LogP contribution in [0.3, 0.4) is 0 Å². The van der Waals surface area contributed by atoms with Crippen LogP contribution in [0.4, 0.5) is 0 Å². The third-order valence-corrected chi connectivity index (χ3v) is 9.59. The van der Waals surface area contributed by atoms with Crippen LogP contribution in [0, 0.1) is 11.8 Å². The van der Waals surface area contributed by atoms with Gasteiger partial charge in [0.05, 0.1) is 8.07 Å². The number of hydrogen-bond donors (Lipinski definition) is 1. The zero-order valence-electron chi connectivity index (χ0n) is 16.7. The van der Waals surface area contributed by atoms with Crippen molar-refractivity contribution in [3.63, 3.8) is 0 Å². The summed E-state index contributed by atoms with van der Waals surface area (Å²) in [5.74, 6) is 0.768. The SMILES string of the molecule is C/C(=C/C(=O)[C@@H](C)[C@@H](C(C)C)[Si](C)(C)c1ccccc1)NC(C)C. The Balaban J connectivity index is 3.09. The summed E-state index contributed by atoms with van der Waals surface area (Å²) in [6.07, 6.45) is 1.80. The molecule has 0 saturated carbocycles. The number of allylic oxidation sites excluding steroid dienone is 2. The molecule has 0 saturated heterocycles. The topological polar surface area (TPSA) is 29.1 Å². The molecule has 2 nitrogen and oxygen atoms in total. The summed E-state index contributed by atoms with van der Waals surface area (Å²) in [5.41, 5.74) is 1.37. The van der Waals surface area contributed by atoms with E-state index in [-0.39, 0.29) is 11.7 Å². The van der Waals surface area contributed by atoms with Gasteiger partial charge in [-0.15, -0.1) is 0 Å². The van der Waals surface area contributed by atoms with Crippen molar-refractivity contribution >= 4 is 19.0 Å². The summed E-state index contributed by atoms with van der Waals surface area (Å²) in [6.45, 7) is 17.6. The van der Waals surface area contributed by atoms with Gasteiger partial charge in [-0.25, -0.2) is 0 Å². The average molecular weight is 346 g/mol. The first-order chi connectivity index (χ1) is 11.1. The van der Waals surface area contributed by atoms with E-state index in [4.69, 9.17) is 0 Å². The molecule has 134 valence electrons. The predicted molar refractivity (Wildman–Crippen MR) is 108 cm³/mol. The molecular weight excluding hydrogens is 310 g/mol. The molecule has 0 unspecified atom stereocenters. The molecule has 0 heterocycles. The molecule has 0 aliphatic rings. The van der Waals surface area contributed by atoms with Crippen molar-refractivity contribution in [1.82, 2.24) is 5.32 Å². The van der Waals surface area contributed by atoms with Gasteiger partial charge >= 0.3 is 0 Å². The van der Waals surface area contributed by atoms with Crippen molar-refractivity contribution < 1.29 is 4.79 Å². The Morgan fingerprint density at radius 3 is 2.04 bits per heavy atom. The molecule has 0 aliphatic carbocycles. The number of nitrogens with one attached hydrogen (secondary N) is 1. The summed E-state index contributed by atoms with van der Waals surface area (Å²) < 4.78 is 0. The van der Waals surface area contributed by atoms with Gasteiger partial charge in [0.15, 0.2) is 5.78 Å². The van der Waals surface area contributed by atoms with Crippen LogP contribution in [0.1, 0.15) is 41.5 Å². The molecule has 0 aromatic heterocycles. The van der Waals surface area contributed by atoms with Gasteiger partial charge < -0.3 is 5.32 Å². The van der Waals surface area contributed by atoms with Crippen molar-refractivity contribution in [1.29, 1.82) is 0 Å². The first-order valence-electron chi connectivity index (χ1n) is 9.11. The molecule has 1 rings (SSSR count). The van der Waals surface area contributed by atoms with Gasteiger partial charge in [-0.1, -0.05) is 69.4 Å². The van der Waals surface area contributed by atoms with E-state index in [0.717, 1.165) is 5.70 Å². The fraction of sp³-hybridized carbons (Fsp3) is 0.571. The standard InChI is InChI=1S/C21H35NOSi/c1-15(2)21(24(7,8)19-12-10-9-11-13-19)18(6)20(23)14-17(5)22-16(3)4/h9-16,18,21-22H,1-8H3/b17-14-/t18-,21-/m1/s1. The third-order valence-electron chi connectivity index (χ3n) is 4.93. The van der Waals surface area contributed by atoms with Crippen LogP contribution >= 0.6 is 0 Å². The van der Waals surface area contributed by atoms with E-state index in [2.05, 4.69) is 83.4 Å². The molecule has 0 spiro atoms. The Labute approximate surface area is 149 Å². The highest BCUT2D eigenvalue weighted by Crippen LogP contribution is 2.37. The Morgan fingerprint density at radius 2 is 1.58 bits per heavy atom. The van der Waals surface area contributed by atoms with Crippen LogP contribution in [-0.4, -0.2) is 19.9 Å². The number of rotatable bonds is 8. The van der Waals surface area contributed by atoms with Crippen LogP contribution in [0.2, 0.25) is 18.6 Å². The van der Waals surface area contributed by atoms with Gasteiger partial charge in [-0.2, -0.15) is 0 Å². The highest BCUT2D eigenvalue weighted by atomic mass is 28.3. The smallest absolute Gasteiger partial charge is 0.160 e. The number of carbonyl (C=O) groups is 1. The van der Waals surface area contributed by atoms with E-state index in [1.54, 1.807) is 6.08 Å². The maximum absolute atomic E-state index is 12.9. The van der Waals surface area contributed by atoms with Crippen LogP contribution in [0.15, 0.2) is 42.1 Å². The Kier molecular flexibility index (Phi) is 7.46. The van der Waals surface area contributed by atoms with E-state index < -0.39 is 8.07 Å².